The molecular weight excluding hydrogens is 256 g/mol. The summed E-state index contributed by atoms with van der Waals surface area (Å²) in [6.45, 7) is 3.83. The highest BCUT2D eigenvalue weighted by atomic mass is 16.5. The molecule has 1 saturated heterocycles. The Morgan fingerprint density at radius 3 is 2.90 bits per heavy atom. The fraction of sp³-hybridized carbons (Fsp3) is 0.933. The maximum atomic E-state index is 11.0. The van der Waals surface area contributed by atoms with E-state index in [1.54, 1.807) is 0 Å². The van der Waals surface area contributed by atoms with Gasteiger partial charge < -0.3 is 20.5 Å². The topological polar surface area (TPSA) is 70.6 Å². The first kappa shape index (κ1) is 15.7. The van der Waals surface area contributed by atoms with Crippen molar-refractivity contribution in [1.29, 1.82) is 0 Å². The number of carbonyl (C=O) groups is 1. The maximum absolute atomic E-state index is 11.0. The Labute approximate surface area is 121 Å². The van der Waals surface area contributed by atoms with E-state index in [4.69, 9.17) is 4.74 Å². The quantitative estimate of drug-likeness (QED) is 0.675. The van der Waals surface area contributed by atoms with Gasteiger partial charge in [0.05, 0.1) is 18.8 Å². The molecule has 0 aromatic rings. The van der Waals surface area contributed by atoms with Gasteiger partial charge in [0.15, 0.2) is 0 Å². The number of aliphatic hydroxyl groups excluding tert-OH is 1. The Morgan fingerprint density at radius 1 is 1.40 bits per heavy atom. The molecule has 2 rings (SSSR count). The molecule has 116 valence electrons. The summed E-state index contributed by atoms with van der Waals surface area (Å²) in [5.74, 6) is 0.732. The zero-order valence-corrected chi connectivity index (χ0v) is 12.4. The van der Waals surface area contributed by atoms with Crippen molar-refractivity contribution in [1.82, 2.24) is 10.6 Å². The molecule has 2 fully saturated rings. The first-order chi connectivity index (χ1) is 9.65. The highest BCUT2D eigenvalue weighted by molar-refractivity contribution is 5.76. The highest BCUT2D eigenvalue weighted by Gasteiger charge is 2.23. The molecule has 0 radical (unpaired) electrons. The van der Waals surface area contributed by atoms with Crippen LogP contribution in [0.15, 0.2) is 0 Å². The fourth-order valence-corrected chi connectivity index (χ4v) is 3.03. The molecule has 1 amide bonds. The van der Waals surface area contributed by atoms with E-state index in [1.165, 1.54) is 19.3 Å². The molecule has 0 spiro atoms. The molecule has 1 aliphatic heterocycles. The number of carbonyl (C=O) groups excluding carboxylic acids is 1. The summed E-state index contributed by atoms with van der Waals surface area (Å²) in [5.41, 5.74) is 0. The minimum Gasteiger partial charge on any atom is -0.389 e. The van der Waals surface area contributed by atoms with Crippen LogP contribution in [0.3, 0.4) is 0 Å². The lowest BCUT2D eigenvalue weighted by Gasteiger charge is -2.30. The average Bonchev–Trinajstić information content (AvgIpc) is 2.46. The molecule has 1 heterocycles. The second kappa shape index (κ2) is 7.96. The van der Waals surface area contributed by atoms with E-state index in [-0.39, 0.29) is 11.9 Å². The standard InChI is InChI=1S/C15H28N2O3/c1-11-4-2-3-5-14(11)20-10-13(18)9-16-12-6-7-15(19)17-8-12/h11-14,16,18H,2-10H2,1H3,(H,17,19). The SMILES string of the molecule is CC1CCCCC1OCC(O)CNC1CCC(=O)NC1. The van der Waals surface area contributed by atoms with Gasteiger partial charge in [-0.15, -0.1) is 0 Å². The van der Waals surface area contributed by atoms with Crippen molar-refractivity contribution in [2.45, 2.75) is 63.7 Å². The first-order valence-electron chi connectivity index (χ1n) is 7.95. The zero-order chi connectivity index (χ0) is 14.4. The number of ether oxygens (including phenoxy) is 1. The molecule has 2 aliphatic rings. The van der Waals surface area contributed by atoms with Crippen LogP contribution in [0.5, 0.6) is 0 Å². The average molecular weight is 284 g/mol. The predicted molar refractivity (Wildman–Crippen MR) is 77.4 cm³/mol. The van der Waals surface area contributed by atoms with Crippen LogP contribution in [0.1, 0.15) is 45.4 Å². The minimum atomic E-state index is -0.471. The number of hydrogen-bond donors (Lipinski definition) is 3. The lowest BCUT2D eigenvalue weighted by atomic mass is 9.88. The molecule has 3 N–H and O–H groups in total. The highest BCUT2D eigenvalue weighted by Crippen LogP contribution is 2.26. The van der Waals surface area contributed by atoms with E-state index >= 15 is 0 Å². The van der Waals surface area contributed by atoms with Crippen molar-refractivity contribution in [2.24, 2.45) is 5.92 Å². The van der Waals surface area contributed by atoms with Gasteiger partial charge in [0.25, 0.3) is 0 Å². The number of nitrogens with one attached hydrogen (secondary N) is 2. The van der Waals surface area contributed by atoms with Crippen molar-refractivity contribution in [3.8, 4) is 0 Å². The van der Waals surface area contributed by atoms with Crippen LogP contribution in [0.4, 0.5) is 0 Å². The molecule has 0 aromatic heterocycles. The Bertz CT molecular complexity index is 301. The van der Waals surface area contributed by atoms with Crippen molar-refractivity contribution >= 4 is 5.91 Å². The maximum Gasteiger partial charge on any atom is 0.220 e. The zero-order valence-electron chi connectivity index (χ0n) is 12.4. The summed E-state index contributed by atoms with van der Waals surface area (Å²) in [4.78, 5) is 11.0. The van der Waals surface area contributed by atoms with Crippen LogP contribution in [0.2, 0.25) is 0 Å². The molecule has 5 nitrogen and oxygen atoms in total. The smallest absolute Gasteiger partial charge is 0.220 e. The third-order valence-electron chi connectivity index (χ3n) is 4.44. The second-order valence-electron chi connectivity index (χ2n) is 6.24. The second-order valence-corrected chi connectivity index (χ2v) is 6.24. The molecule has 0 bridgehead atoms. The van der Waals surface area contributed by atoms with Gasteiger partial charge in [-0.3, -0.25) is 4.79 Å². The number of piperidine rings is 1. The van der Waals surface area contributed by atoms with E-state index in [9.17, 15) is 9.90 Å². The van der Waals surface area contributed by atoms with Gasteiger partial charge in [0, 0.05) is 25.6 Å². The van der Waals surface area contributed by atoms with Crippen molar-refractivity contribution in [3.05, 3.63) is 0 Å². The van der Waals surface area contributed by atoms with Gasteiger partial charge >= 0.3 is 0 Å². The summed E-state index contributed by atoms with van der Waals surface area (Å²) < 4.78 is 5.85. The molecule has 20 heavy (non-hydrogen) atoms. The first-order valence-corrected chi connectivity index (χ1v) is 7.95. The fourth-order valence-electron chi connectivity index (χ4n) is 3.03. The molecule has 4 unspecified atom stereocenters. The van der Waals surface area contributed by atoms with Gasteiger partial charge in [-0.05, 0) is 25.2 Å². The minimum absolute atomic E-state index is 0.123. The molecule has 1 saturated carbocycles. The largest absolute Gasteiger partial charge is 0.389 e. The lowest BCUT2D eigenvalue weighted by Crippen LogP contribution is -2.48. The van der Waals surface area contributed by atoms with Gasteiger partial charge in [-0.2, -0.15) is 0 Å². The Hall–Kier alpha value is -0.650. The molecule has 0 aromatic carbocycles. The summed E-state index contributed by atoms with van der Waals surface area (Å²) in [5, 5.41) is 16.1. The number of amides is 1. The van der Waals surface area contributed by atoms with Crippen LogP contribution < -0.4 is 10.6 Å². The number of hydrogen-bond acceptors (Lipinski definition) is 4. The van der Waals surface area contributed by atoms with Crippen LogP contribution in [-0.2, 0) is 9.53 Å². The summed E-state index contributed by atoms with van der Waals surface area (Å²) in [7, 11) is 0. The van der Waals surface area contributed by atoms with E-state index in [2.05, 4.69) is 17.6 Å². The van der Waals surface area contributed by atoms with E-state index in [0.717, 1.165) is 12.8 Å². The van der Waals surface area contributed by atoms with Crippen LogP contribution in [-0.4, -0.2) is 49.0 Å². The van der Waals surface area contributed by atoms with Crippen molar-refractivity contribution in [3.63, 3.8) is 0 Å². The van der Waals surface area contributed by atoms with Crippen LogP contribution in [0.25, 0.3) is 0 Å². The normalized spacial score (nSPS) is 32.7. The number of aliphatic hydroxyl groups is 1. The van der Waals surface area contributed by atoms with E-state index < -0.39 is 6.10 Å². The van der Waals surface area contributed by atoms with Crippen molar-refractivity contribution < 1.29 is 14.6 Å². The van der Waals surface area contributed by atoms with Crippen molar-refractivity contribution in [2.75, 3.05) is 19.7 Å². The number of rotatable bonds is 6. The van der Waals surface area contributed by atoms with Crippen LogP contribution in [0, 0.1) is 5.92 Å². The Kier molecular flexibility index (Phi) is 6.26. The lowest BCUT2D eigenvalue weighted by molar-refractivity contribution is -0.122. The third-order valence-corrected chi connectivity index (χ3v) is 4.44. The van der Waals surface area contributed by atoms with Gasteiger partial charge in [0.1, 0.15) is 0 Å². The Morgan fingerprint density at radius 2 is 2.20 bits per heavy atom. The summed E-state index contributed by atoms with van der Waals surface area (Å²) >= 11 is 0. The predicted octanol–water partition coefficient (Wildman–Crippen LogP) is 0.811. The Balaban J connectivity index is 1.58. The third kappa shape index (κ3) is 5.04. The van der Waals surface area contributed by atoms with Gasteiger partial charge in [-0.25, -0.2) is 0 Å². The van der Waals surface area contributed by atoms with E-state index in [1.807, 2.05) is 0 Å². The summed E-state index contributed by atoms with van der Waals surface area (Å²) in [6.07, 6.45) is 6.16. The molecule has 5 heteroatoms. The van der Waals surface area contributed by atoms with Gasteiger partial charge in [0.2, 0.25) is 5.91 Å². The molecule has 1 aliphatic carbocycles. The molecular formula is C15H28N2O3. The van der Waals surface area contributed by atoms with Crippen LogP contribution >= 0.6 is 0 Å². The summed E-state index contributed by atoms with van der Waals surface area (Å²) in [6, 6.07) is 0.274. The van der Waals surface area contributed by atoms with Gasteiger partial charge in [-0.1, -0.05) is 19.8 Å². The molecule has 4 atom stereocenters. The monoisotopic (exact) mass is 284 g/mol. The van der Waals surface area contributed by atoms with E-state index in [0.29, 0.717) is 38.1 Å².